The first-order valence-corrected chi connectivity index (χ1v) is 5.43. The van der Waals surface area contributed by atoms with Crippen molar-refractivity contribution in [2.24, 2.45) is 16.8 Å². The number of imide groups is 1. The Morgan fingerprint density at radius 2 is 1.95 bits per heavy atom. The van der Waals surface area contributed by atoms with Crippen LogP contribution in [0, 0.1) is 5.92 Å². The van der Waals surface area contributed by atoms with E-state index >= 15 is 0 Å². The van der Waals surface area contributed by atoms with Gasteiger partial charge in [0.2, 0.25) is 11.8 Å². The maximum Gasteiger partial charge on any atom is 0.275 e. The van der Waals surface area contributed by atoms with Crippen LogP contribution in [0.25, 0.3) is 0 Å². The maximum atomic E-state index is 11.7. The number of hydrogen-bond acceptors (Lipinski definition) is 6. The summed E-state index contributed by atoms with van der Waals surface area (Å²) in [5, 5.41) is 5.39. The van der Waals surface area contributed by atoms with Crippen molar-refractivity contribution < 1.29 is 19.2 Å². The second-order valence-corrected chi connectivity index (χ2v) is 3.83. The van der Waals surface area contributed by atoms with Gasteiger partial charge in [0.15, 0.2) is 5.92 Å². The zero-order valence-corrected chi connectivity index (χ0v) is 9.99. The van der Waals surface area contributed by atoms with Crippen molar-refractivity contribution in [1.29, 1.82) is 0 Å². The van der Waals surface area contributed by atoms with Crippen molar-refractivity contribution in [2.45, 2.75) is 0 Å². The maximum absolute atomic E-state index is 11.7. The van der Waals surface area contributed by atoms with Crippen molar-refractivity contribution in [2.75, 3.05) is 0 Å². The Balaban J connectivity index is 2.18. The number of hydrazone groups is 1. The average molecular weight is 275 g/mol. The fourth-order valence-corrected chi connectivity index (χ4v) is 1.56. The lowest BCUT2D eigenvalue weighted by Crippen LogP contribution is -2.34. The van der Waals surface area contributed by atoms with E-state index in [9.17, 15) is 19.2 Å². The number of aromatic nitrogens is 1. The number of carbonyl (C=O) groups excluding carboxylic acids is 4. The van der Waals surface area contributed by atoms with E-state index in [0.29, 0.717) is 0 Å². The summed E-state index contributed by atoms with van der Waals surface area (Å²) in [4.78, 5) is 49.2. The molecule has 0 aliphatic carbocycles. The van der Waals surface area contributed by atoms with Gasteiger partial charge in [0.05, 0.1) is 0 Å². The number of primary amides is 1. The van der Waals surface area contributed by atoms with E-state index in [1.807, 2.05) is 5.32 Å². The van der Waals surface area contributed by atoms with Crippen LogP contribution in [0.2, 0.25) is 0 Å². The lowest BCUT2D eigenvalue weighted by Gasteiger charge is -2.03. The molecule has 4 amide bonds. The monoisotopic (exact) mass is 275 g/mol. The lowest BCUT2D eigenvalue weighted by atomic mass is 10.1. The highest BCUT2D eigenvalue weighted by atomic mass is 16.2. The molecule has 9 nitrogen and oxygen atoms in total. The van der Waals surface area contributed by atoms with Crippen LogP contribution in [-0.2, 0) is 14.4 Å². The zero-order valence-electron chi connectivity index (χ0n) is 9.99. The standard InChI is InChI=1S/C11H9N5O4/c12-8(17)6-7(11(20)14-10(6)19)15-16-9(18)5-1-3-13-4-2-5/h1-4,6H,(H2,12,17)(H,16,18)(H,14,19,20)/b15-7-. The molecule has 1 aliphatic rings. The van der Waals surface area contributed by atoms with Crippen molar-refractivity contribution in [3.8, 4) is 0 Å². The van der Waals surface area contributed by atoms with Crippen LogP contribution in [0.4, 0.5) is 0 Å². The Kier molecular flexibility index (Phi) is 3.51. The minimum absolute atomic E-state index is 0.254. The summed E-state index contributed by atoms with van der Waals surface area (Å²) in [7, 11) is 0. The van der Waals surface area contributed by atoms with Gasteiger partial charge < -0.3 is 5.73 Å². The molecule has 0 radical (unpaired) electrons. The second kappa shape index (κ2) is 5.26. The molecule has 2 rings (SSSR count). The predicted molar refractivity (Wildman–Crippen MR) is 65.0 cm³/mol. The van der Waals surface area contributed by atoms with E-state index in [2.05, 4.69) is 15.5 Å². The number of carbonyl (C=O) groups is 4. The highest BCUT2D eigenvalue weighted by molar-refractivity contribution is 6.54. The average Bonchev–Trinajstić information content (AvgIpc) is 2.71. The van der Waals surface area contributed by atoms with Crippen LogP contribution in [0.1, 0.15) is 10.4 Å². The van der Waals surface area contributed by atoms with Crippen molar-refractivity contribution >= 4 is 29.3 Å². The fraction of sp³-hybridized carbons (Fsp3) is 0.0909. The summed E-state index contributed by atoms with van der Waals surface area (Å²) >= 11 is 0. The fourth-order valence-electron chi connectivity index (χ4n) is 1.56. The number of nitrogens with zero attached hydrogens (tertiary/aromatic N) is 2. The van der Waals surface area contributed by atoms with Gasteiger partial charge in [0.1, 0.15) is 5.71 Å². The quantitative estimate of drug-likeness (QED) is 0.329. The molecule has 1 aromatic rings. The summed E-state index contributed by atoms with van der Waals surface area (Å²) in [6.07, 6.45) is 2.81. The lowest BCUT2D eigenvalue weighted by molar-refractivity contribution is -0.130. The molecule has 102 valence electrons. The molecule has 2 heterocycles. The molecular weight excluding hydrogens is 266 g/mol. The Hall–Kier alpha value is -3.10. The molecule has 0 bridgehead atoms. The van der Waals surface area contributed by atoms with E-state index in [1.54, 1.807) is 0 Å². The van der Waals surface area contributed by atoms with Gasteiger partial charge in [-0.25, -0.2) is 5.43 Å². The highest BCUT2D eigenvalue weighted by Gasteiger charge is 2.42. The third-order valence-corrected chi connectivity index (χ3v) is 2.51. The van der Waals surface area contributed by atoms with Gasteiger partial charge in [-0.05, 0) is 12.1 Å². The zero-order chi connectivity index (χ0) is 14.7. The molecule has 1 unspecified atom stereocenters. The summed E-state index contributed by atoms with van der Waals surface area (Å²) < 4.78 is 0. The topological polar surface area (TPSA) is 144 Å². The smallest absolute Gasteiger partial charge is 0.275 e. The largest absolute Gasteiger partial charge is 0.369 e. The van der Waals surface area contributed by atoms with Crippen LogP contribution in [0.3, 0.4) is 0 Å². The van der Waals surface area contributed by atoms with Gasteiger partial charge in [-0.3, -0.25) is 29.5 Å². The molecule has 20 heavy (non-hydrogen) atoms. The molecule has 1 aliphatic heterocycles. The van der Waals surface area contributed by atoms with Crippen LogP contribution >= 0.6 is 0 Å². The molecule has 0 aromatic carbocycles. The summed E-state index contributed by atoms with van der Waals surface area (Å²) in [5.41, 5.74) is 6.90. The third-order valence-electron chi connectivity index (χ3n) is 2.51. The Bertz CT molecular complexity index is 625. The SMILES string of the molecule is NC(=O)C1C(=O)NC(=O)/C1=N\NC(=O)c1ccncc1. The molecule has 1 fully saturated rings. The van der Waals surface area contributed by atoms with Gasteiger partial charge in [0.25, 0.3) is 11.8 Å². The van der Waals surface area contributed by atoms with E-state index in [4.69, 9.17) is 5.73 Å². The van der Waals surface area contributed by atoms with Gasteiger partial charge in [-0.15, -0.1) is 0 Å². The third kappa shape index (κ3) is 2.51. The number of rotatable bonds is 3. The van der Waals surface area contributed by atoms with Crippen molar-refractivity contribution in [3.63, 3.8) is 0 Å². The normalized spacial score (nSPS) is 19.8. The van der Waals surface area contributed by atoms with Gasteiger partial charge in [-0.1, -0.05) is 0 Å². The number of nitrogens with one attached hydrogen (secondary N) is 2. The summed E-state index contributed by atoms with van der Waals surface area (Å²) in [6.45, 7) is 0. The van der Waals surface area contributed by atoms with Crippen LogP contribution in [0.5, 0.6) is 0 Å². The molecule has 1 saturated heterocycles. The van der Waals surface area contributed by atoms with Gasteiger partial charge in [-0.2, -0.15) is 5.10 Å². The molecule has 4 N–H and O–H groups in total. The summed E-state index contributed by atoms with van der Waals surface area (Å²) in [6, 6.07) is 2.86. The first-order valence-electron chi connectivity index (χ1n) is 5.43. The Morgan fingerprint density at radius 3 is 2.55 bits per heavy atom. The van der Waals surface area contributed by atoms with Crippen molar-refractivity contribution in [1.82, 2.24) is 15.7 Å². The van der Waals surface area contributed by atoms with E-state index in [-0.39, 0.29) is 5.56 Å². The van der Waals surface area contributed by atoms with Crippen LogP contribution < -0.4 is 16.5 Å². The number of hydrogen-bond donors (Lipinski definition) is 3. The van der Waals surface area contributed by atoms with Gasteiger partial charge in [0, 0.05) is 18.0 Å². The molecule has 0 spiro atoms. The predicted octanol–water partition coefficient (Wildman–Crippen LogP) is -2.07. The number of amides is 4. The molecule has 1 aromatic heterocycles. The van der Waals surface area contributed by atoms with Crippen LogP contribution in [0.15, 0.2) is 29.6 Å². The van der Waals surface area contributed by atoms with E-state index in [1.165, 1.54) is 24.5 Å². The highest BCUT2D eigenvalue weighted by Crippen LogP contribution is 2.07. The minimum Gasteiger partial charge on any atom is -0.369 e. The molecule has 1 atom stereocenters. The molecule has 9 heteroatoms. The first kappa shape index (κ1) is 13.3. The van der Waals surface area contributed by atoms with E-state index in [0.717, 1.165) is 0 Å². The minimum atomic E-state index is -1.50. The Morgan fingerprint density at radius 1 is 1.30 bits per heavy atom. The number of pyridine rings is 1. The number of nitrogens with two attached hydrogens (primary N) is 1. The molecule has 0 saturated carbocycles. The second-order valence-electron chi connectivity index (χ2n) is 3.83. The van der Waals surface area contributed by atoms with Crippen molar-refractivity contribution in [3.05, 3.63) is 30.1 Å². The summed E-state index contributed by atoms with van der Waals surface area (Å²) in [5.74, 6) is -4.87. The van der Waals surface area contributed by atoms with E-state index < -0.39 is 35.3 Å². The molecular formula is C11H9N5O4. The van der Waals surface area contributed by atoms with Gasteiger partial charge >= 0.3 is 0 Å². The van der Waals surface area contributed by atoms with Crippen LogP contribution in [-0.4, -0.2) is 34.3 Å². The Labute approximate surface area is 112 Å². The first-order chi connectivity index (χ1) is 9.50.